The molecule has 1 saturated carbocycles. The van der Waals surface area contributed by atoms with Crippen molar-refractivity contribution in [2.75, 3.05) is 0 Å². The first kappa shape index (κ1) is 12.0. The van der Waals surface area contributed by atoms with Gasteiger partial charge in [0.05, 0.1) is 0 Å². The maximum Gasteiger partial charge on any atom is 0.0106 e. The lowest BCUT2D eigenvalue weighted by atomic mass is 9.54. The fourth-order valence-corrected chi connectivity index (χ4v) is 3.67. The maximum atomic E-state index is 6.29. The predicted molar refractivity (Wildman–Crippen MR) is 63.0 cm³/mol. The number of hydrogen-bond acceptors (Lipinski definition) is 1. The lowest BCUT2D eigenvalue weighted by Crippen LogP contribution is -2.59. The molecule has 5 unspecified atom stereocenters. The normalized spacial score (nSPS) is 39.6. The SMILES string of the molecule is CCCC(C)C1C(C)C(C(C)C)C1N. The Balaban J connectivity index is 2.51. The van der Waals surface area contributed by atoms with Crippen LogP contribution in [0.2, 0.25) is 0 Å². The third-order valence-corrected chi connectivity index (χ3v) is 4.27. The quantitative estimate of drug-likeness (QED) is 0.735. The summed E-state index contributed by atoms with van der Waals surface area (Å²) >= 11 is 0. The van der Waals surface area contributed by atoms with E-state index >= 15 is 0 Å². The summed E-state index contributed by atoms with van der Waals surface area (Å²) in [7, 11) is 0. The van der Waals surface area contributed by atoms with Gasteiger partial charge in [0.15, 0.2) is 0 Å². The van der Waals surface area contributed by atoms with Gasteiger partial charge in [-0.2, -0.15) is 0 Å². The van der Waals surface area contributed by atoms with E-state index in [0.29, 0.717) is 6.04 Å². The minimum atomic E-state index is 0.464. The van der Waals surface area contributed by atoms with Gasteiger partial charge in [0.25, 0.3) is 0 Å². The summed E-state index contributed by atoms with van der Waals surface area (Å²) in [6.45, 7) is 11.7. The zero-order valence-electron chi connectivity index (χ0n) is 10.5. The Hall–Kier alpha value is -0.0400. The number of nitrogens with two attached hydrogens (primary N) is 1. The highest BCUT2D eigenvalue weighted by molar-refractivity contribution is 5.00. The van der Waals surface area contributed by atoms with Gasteiger partial charge in [-0.05, 0) is 29.6 Å². The van der Waals surface area contributed by atoms with Crippen LogP contribution in [0, 0.1) is 29.6 Å². The minimum absolute atomic E-state index is 0.464. The van der Waals surface area contributed by atoms with E-state index in [1.165, 1.54) is 12.8 Å². The Kier molecular flexibility index (Phi) is 4.00. The average Bonchev–Trinajstić information content (AvgIpc) is 2.03. The molecule has 1 nitrogen and oxygen atoms in total. The maximum absolute atomic E-state index is 6.29. The molecule has 2 N–H and O–H groups in total. The van der Waals surface area contributed by atoms with Gasteiger partial charge in [-0.25, -0.2) is 0 Å². The van der Waals surface area contributed by atoms with Crippen LogP contribution in [0.25, 0.3) is 0 Å². The zero-order chi connectivity index (χ0) is 10.9. The second kappa shape index (κ2) is 4.65. The highest BCUT2D eigenvalue weighted by atomic mass is 14.8. The molecular formula is C13H27N. The van der Waals surface area contributed by atoms with E-state index in [4.69, 9.17) is 5.73 Å². The van der Waals surface area contributed by atoms with Crippen LogP contribution in [-0.2, 0) is 0 Å². The van der Waals surface area contributed by atoms with Crippen LogP contribution in [0.5, 0.6) is 0 Å². The third kappa shape index (κ3) is 1.98. The number of rotatable bonds is 4. The van der Waals surface area contributed by atoms with Crippen LogP contribution in [0.15, 0.2) is 0 Å². The van der Waals surface area contributed by atoms with E-state index in [1.54, 1.807) is 0 Å². The highest BCUT2D eigenvalue weighted by Gasteiger charge is 2.48. The molecule has 0 spiro atoms. The topological polar surface area (TPSA) is 26.0 Å². The fraction of sp³-hybridized carbons (Fsp3) is 1.00. The summed E-state index contributed by atoms with van der Waals surface area (Å²) < 4.78 is 0. The second-order valence-corrected chi connectivity index (χ2v) is 5.60. The van der Waals surface area contributed by atoms with Gasteiger partial charge < -0.3 is 5.73 Å². The Morgan fingerprint density at radius 3 is 2.07 bits per heavy atom. The average molecular weight is 197 g/mol. The van der Waals surface area contributed by atoms with E-state index in [2.05, 4.69) is 34.6 Å². The highest BCUT2D eigenvalue weighted by Crippen LogP contribution is 2.48. The fourth-order valence-electron chi connectivity index (χ4n) is 3.67. The zero-order valence-corrected chi connectivity index (χ0v) is 10.5. The molecule has 0 aromatic rings. The molecule has 1 fully saturated rings. The Bertz CT molecular complexity index is 166. The summed E-state index contributed by atoms with van der Waals surface area (Å²) in [4.78, 5) is 0. The first-order valence-corrected chi connectivity index (χ1v) is 6.26. The molecule has 0 bridgehead atoms. The molecule has 1 aliphatic carbocycles. The molecule has 14 heavy (non-hydrogen) atoms. The smallest absolute Gasteiger partial charge is 0.0106 e. The summed E-state index contributed by atoms with van der Waals surface area (Å²) in [5, 5.41) is 0. The summed E-state index contributed by atoms with van der Waals surface area (Å²) in [6, 6.07) is 0.464. The van der Waals surface area contributed by atoms with Gasteiger partial charge in [-0.1, -0.05) is 47.5 Å². The van der Waals surface area contributed by atoms with Gasteiger partial charge in [0.2, 0.25) is 0 Å². The van der Waals surface area contributed by atoms with Crippen molar-refractivity contribution in [1.29, 1.82) is 0 Å². The molecule has 0 aliphatic heterocycles. The summed E-state index contributed by atoms with van der Waals surface area (Å²) in [5.74, 6) is 3.96. The second-order valence-electron chi connectivity index (χ2n) is 5.60. The van der Waals surface area contributed by atoms with Crippen molar-refractivity contribution in [3.63, 3.8) is 0 Å². The van der Waals surface area contributed by atoms with E-state index < -0.39 is 0 Å². The van der Waals surface area contributed by atoms with Crippen LogP contribution in [0.4, 0.5) is 0 Å². The molecule has 0 heterocycles. The van der Waals surface area contributed by atoms with E-state index in [1.807, 2.05) is 0 Å². The van der Waals surface area contributed by atoms with Crippen molar-refractivity contribution in [2.24, 2.45) is 35.3 Å². The first-order chi connectivity index (χ1) is 6.50. The van der Waals surface area contributed by atoms with Crippen molar-refractivity contribution >= 4 is 0 Å². The molecule has 1 rings (SSSR count). The van der Waals surface area contributed by atoms with Crippen LogP contribution < -0.4 is 5.73 Å². The Labute approximate surface area is 89.5 Å². The lowest BCUT2D eigenvalue weighted by Gasteiger charge is -2.54. The van der Waals surface area contributed by atoms with Crippen molar-refractivity contribution in [3.8, 4) is 0 Å². The summed E-state index contributed by atoms with van der Waals surface area (Å²) in [6.07, 6.45) is 2.64. The monoisotopic (exact) mass is 197 g/mol. The summed E-state index contributed by atoms with van der Waals surface area (Å²) in [5.41, 5.74) is 6.29. The lowest BCUT2D eigenvalue weighted by molar-refractivity contribution is -0.0200. The Morgan fingerprint density at radius 1 is 1.14 bits per heavy atom. The van der Waals surface area contributed by atoms with Crippen molar-refractivity contribution < 1.29 is 0 Å². The molecule has 1 aliphatic rings. The van der Waals surface area contributed by atoms with Gasteiger partial charge >= 0.3 is 0 Å². The largest absolute Gasteiger partial charge is 0.327 e. The van der Waals surface area contributed by atoms with Crippen LogP contribution >= 0.6 is 0 Å². The van der Waals surface area contributed by atoms with Crippen molar-refractivity contribution in [3.05, 3.63) is 0 Å². The molecule has 0 aromatic carbocycles. The minimum Gasteiger partial charge on any atom is -0.327 e. The molecule has 0 saturated heterocycles. The van der Waals surface area contributed by atoms with Crippen LogP contribution in [0.1, 0.15) is 47.5 Å². The first-order valence-electron chi connectivity index (χ1n) is 6.26. The Morgan fingerprint density at radius 2 is 1.71 bits per heavy atom. The van der Waals surface area contributed by atoms with Gasteiger partial charge in [0, 0.05) is 6.04 Å². The molecular weight excluding hydrogens is 170 g/mol. The van der Waals surface area contributed by atoms with E-state index in [-0.39, 0.29) is 0 Å². The van der Waals surface area contributed by atoms with E-state index in [9.17, 15) is 0 Å². The van der Waals surface area contributed by atoms with Gasteiger partial charge in [0.1, 0.15) is 0 Å². The molecule has 5 atom stereocenters. The van der Waals surface area contributed by atoms with E-state index in [0.717, 1.165) is 29.6 Å². The van der Waals surface area contributed by atoms with Crippen LogP contribution in [0.3, 0.4) is 0 Å². The standard InChI is InChI=1S/C13H27N/c1-6-7-9(4)12-10(5)11(8(2)3)13(12)14/h8-13H,6-7,14H2,1-5H3. The predicted octanol–water partition coefficient (Wildman–Crippen LogP) is 3.29. The molecule has 0 aromatic heterocycles. The van der Waals surface area contributed by atoms with Crippen molar-refractivity contribution in [2.45, 2.75) is 53.5 Å². The molecule has 0 amide bonds. The van der Waals surface area contributed by atoms with Gasteiger partial charge in [-0.3, -0.25) is 0 Å². The molecule has 84 valence electrons. The van der Waals surface area contributed by atoms with Crippen LogP contribution in [-0.4, -0.2) is 6.04 Å². The molecule has 0 radical (unpaired) electrons. The van der Waals surface area contributed by atoms with Crippen molar-refractivity contribution in [1.82, 2.24) is 0 Å². The van der Waals surface area contributed by atoms with Gasteiger partial charge in [-0.15, -0.1) is 0 Å². The third-order valence-electron chi connectivity index (χ3n) is 4.27. The number of hydrogen-bond donors (Lipinski definition) is 1. The molecule has 1 heteroatoms.